The molecule has 27 heavy (non-hydrogen) atoms. The number of fused-ring (bicyclic) bond motifs is 1. The van der Waals surface area contributed by atoms with Gasteiger partial charge < -0.3 is 10.1 Å². The molecular weight excluding hydrogens is 338 g/mol. The molecular formula is C22H23N3O2. The lowest BCUT2D eigenvalue weighted by atomic mass is 10.1. The molecule has 1 aromatic heterocycles. The molecule has 2 aromatic carbocycles. The summed E-state index contributed by atoms with van der Waals surface area (Å²) in [4.78, 5) is 12.5. The van der Waals surface area contributed by atoms with Crippen molar-refractivity contribution in [2.24, 2.45) is 0 Å². The topological polar surface area (TPSA) is 56.2 Å². The number of rotatable bonds is 5. The third kappa shape index (κ3) is 3.87. The van der Waals surface area contributed by atoms with Gasteiger partial charge in [-0.05, 0) is 42.7 Å². The van der Waals surface area contributed by atoms with E-state index in [9.17, 15) is 4.79 Å². The van der Waals surface area contributed by atoms with Crippen LogP contribution in [0, 0.1) is 13.8 Å². The summed E-state index contributed by atoms with van der Waals surface area (Å²) in [6.07, 6.45) is 0.181. The highest BCUT2D eigenvalue weighted by Crippen LogP contribution is 2.28. The van der Waals surface area contributed by atoms with Crippen LogP contribution in [0.3, 0.4) is 0 Å². The van der Waals surface area contributed by atoms with Gasteiger partial charge in [-0.1, -0.05) is 42.5 Å². The molecule has 2 heterocycles. The average molecular weight is 361 g/mol. The van der Waals surface area contributed by atoms with E-state index in [1.807, 2.05) is 48.0 Å². The summed E-state index contributed by atoms with van der Waals surface area (Å²) in [6, 6.07) is 18.1. The van der Waals surface area contributed by atoms with Crippen molar-refractivity contribution < 1.29 is 9.53 Å². The van der Waals surface area contributed by atoms with Gasteiger partial charge in [0, 0.05) is 18.7 Å². The monoisotopic (exact) mass is 361 g/mol. The quantitative estimate of drug-likeness (QED) is 0.759. The number of ether oxygens (including phenoxy) is 1. The van der Waals surface area contributed by atoms with Gasteiger partial charge in [0.15, 0.2) is 6.10 Å². The van der Waals surface area contributed by atoms with Crippen LogP contribution in [0.1, 0.15) is 28.1 Å². The molecule has 1 amide bonds. The fourth-order valence-electron chi connectivity index (χ4n) is 3.48. The van der Waals surface area contributed by atoms with Gasteiger partial charge in [-0.2, -0.15) is 5.10 Å². The largest absolute Gasteiger partial charge is 0.480 e. The lowest BCUT2D eigenvalue weighted by Gasteiger charge is -2.12. The van der Waals surface area contributed by atoms with E-state index in [-0.39, 0.29) is 5.91 Å². The highest BCUT2D eigenvalue weighted by atomic mass is 16.5. The number of nitrogens with zero attached hydrogens (tertiary/aromatic N) is 2. The van der Waals surface area contributed by atoms with Gasteiger partial charge >= 0.3 is 0 Å². The first-order valence-corrected chi connectivity index (χ1v) is 9.19. The van der Waals surface area contributed by atoms with Gasteiger partial charge in [0.1, 0.15) is 5.75 Å². The Balaban J connectivity index is 1.36. The van der Waals surface area contributed by atoms with Gasteiger partial charge in [0.05, 0.1) is 12.2 Å². The maximum atomic E-state index is 12.5. The van der Waals surface area contributed by atoms with Crippen molar-refractivity contribution in [3.05, 3.63) is 82.7 Å². The summed E-state index contributed by atoms with van der Waals surface area (Å²) in [5.41, 5.74) is 5.48. The molecule has 138 valence electrons. The Morgan fingerprint density at radius 2 is 1.96 bits per heavy atom. The highest BCUT2D eigenvalue weighted by Gasteiger charge is 2.28. The molecule has 5 heteroatoms. The van der Waals surface area contributed by atoms with Crippen molar-refractivity contribution >= 4 is 5.91 Å². The van der Waals surface area contributed by atoms with Gasteiger partial charge in [-0.15, -0.1) is 0 Å². The fourth-order valence-corrected chi connectivity index (χ4v) is 3.48. The van der Waals surface area contributed by atoms with E-state index in [1.54, 1.807) is 0 Å². The van der Waals surface area contributed by atoms with Gasteiger partial charge in [0.2, 0.25) is 0 Å². The molecule has 1 aliphatic rings. The van der Waals surface area contributed by atoms with E-state index in [2.05, 4.69) is 35.5 Å². The summed E-state index contributed by atoms with van der Waals surface area (Å²) in [7, 11) is 0. The predicted molar refractivity (Wildman–Crippen MR) is 104 cm³/mol. The zero-order chi connectivity index (χ0) is 18.8. The molecule has 0 radical (unpaired) electrons. The zero-order valence-corrected chi connectivity index (χ0v) is 15.6. The Morgan fingerprint density at radius 3 is 2.74 bits per heavy atom. The molecule has 0 saturated heterocycles. The molecule has 0 aliphatic carbocycles. The lowest BCUT2D eigenvalue weighted by Crippen LogP contribution is -2.37. The second kappa shape index (κ2) is 7.27. The second-order valence-electron chi connectivity index (χ2n) is 7.04. The molecule has 1 atom stereocenters. The predicted octanol–water partition coefficient (Wildman–Crippen LogP) is 3.17. The maximum absolute atomic E-state index is 12.5. The van der Waals surface area contributed by atoms with Crippen molar-refractivity contribution in [3.8, 4) is 5.75 Å². The number of amides is 1. The number of aryl methyl sites for hydroxylation is 2. The molecule has 0 spiro atoms. The van der Waals surface area contributed by atoms with Crippen LogP contribution in [-0.4, -0.2) is 21.8 Å². The van der Waals surface area contributed by atoms with Crippen LogP contribution in [0.5, 0.6) is 5.75 Å². The van der Waals surface area contributed by atoms with Gasteiger partial charge in [0.25, 0.3) is 5.91 Å². The van der Waals surface area contributed by atoms with Gasteiger partial charge in [-0.25, -0.2) is 0 Å². The second-order valence-corrected chi connectivity index (χ2v) is 7.04. The lowest BCUT2D eigenvalue weighted by molar-refractivity contribution is -0.127. The molecule has 0 fully saturated rings. The molecule has 4 rings (SSSR count). The number of para-hydroxylation sites is 1. The summed E-state index contributed by atoms with van der Waals surface area (Å²) in [5.74, 6) is 0.736. The molecule has 0 bridgehead atoms. The van der Waals surface area contributed by atoms with E-state index in [1.165, 1.54) is 0 Å². The minimum atomic E-state index is -0.444. The molecule has 1 aliphatic heterocycles. The van der Waals surface area contributed by atoms with Crippen LogP contribution in [-0.2, 0) is 24.3 Å². The van der Waals surface area contributed by atoms with Crippen LogP contribution in [0.15, 0.2) is 54.6 Å². The summed E-state index contributed by atoms with van der Waals surface area (Å²) < 4.78 is 7.75. The van der Waals surface area contributed by atoms with Crippen molar-refractivity contribution in [3.63, 3.8) is 0 Å². The maximum Gasteiger partial charge on any atom is 0.261 e. The molecule has 3 aromatic rings. The summed E-state index contributed by atoms with van der Waals surface area (Å²) in [6.45, 7) is 5.27. The minimum Gasteiger partial charge on any atom is -0.480 e. The molecule has 5 nitrogen and oxygen atoms in total. The highest BCUT2D eigenvalue weighted by molar-refractivity contribution is 5.82. The van der Waals surface area contributed by atoms with E-state index in [4.69, 9.17) is 4.74 Å². The van der Waals surface area contributed by atoms with Crippen molar-refractivity contribution in [2.45, 2.75) is 39.5 Å². The first kappa shape index (κ1) is 17.3. The van der Waals surface area contributed by atoms with Crippen LogP contribution in [0.4, 0.5) is 0 Å². The van der Waals surface area contributed by atoms with E-state index in [0.717, 1.165) is 40.4 Å². The molecule has 0 saturated carbocycles. The number of aromatic nitrogens is 2. The molecule has 1 unspecified atom stereocenters. The summed E-state index contributed by atoms with van der Waals surface area (Å²) in [5, 5.41) is 7.51. The Morgan fingerprint density at radius 1 is 1.15 bits per heavy atom. The summed E-state index contributed by atoms with van der Waals surface area (Å²) >= 11 is 0. The minimum absolute atomic E-state index is 0.0739. The normalized spacial score (nSPS) is 15.3. The number of carbonyl (C=O) groups excluding carboxylic acids is 1. The number of benzene rings is 2. The Hall–Kier alpha value is -3.08. The van der Waals surface area contributed by atoms with Gasteiger partial charge in [-0.3, -0.25) is 9.48 Å². The Labute approximate surface area is 159 Å². The first-order chi connectivity index (χ1) is 13.1. The molecule has 1 N–H and O–H groups in total. The smallest absolute Gasteiger partial charge is 0.261 e. The van der Waals surface area contributed by atoms with Crippen molar-refractivity contribution in [2.75, 3.05) is 0 Å². The van der Waals surface area contributed by atoms with Crippen LogP contribution in [0.25, 0.3) is 0 Å². The van der Waals surface area contributed by atoms with Crippen LogP contribution < -0.4 is 10.1 Å². The Bertz CT molecular complexity index is 952. The van der Waals surface area contributed by atoms with E-state index >= 15 is 0 Å². The van der Waals surface area contributed by atoms with Crippen molar-refractivity contribution in [1.82, 2.24) is 15.1 Å². The van der Waals surface area contributed by atoms with E-state index < -0.39 is 6.10 Å². The first-order valence-electron chi connectivity index (χ1n) is 9.19. The third-order valence-electron chi connectivity index (χ3n) is 4.83. The van der Waals surface area contributed by atoms with Crippen LogP contribution >= 0.6 is 0 Å². The number of carbonyl (C=O) groups is 1. The fraction of sp³-hybridized carbons (Fsp3) is 0.273. The number of hydrogen-bond acceptors (Lipinski definition) is 3. The zero-order valence-electron chi connectivity index (χ0n) is 15.6. The standard InChI is InChI=1S/C22H23N3O2/c1-15-10-16(2)25(24-15)14-18-7-5-6-17(11-18)13-23-22(26)21-12-19-8-3-4-9-20(19)27-21/h3-11,21H,12-14H2,1-2H3,(H,23,26). The Kier molecular flexibility index (Phi) is 4.67. The van der Waals surface area contributed by atoms with Crippen molar-refractivity contribution in [1.29, 1.82) is 0 Å². The third-order valence-corrected chi connectivity index (χ3v) is 4.83. The van der Waals surface area contributed by atoms with Crippen LogP contribution in [0.2, 0.25) is 0 Å². The average Bonchev–Trinajstić information content (AvgIpc) is 3.23. The SMILES string of the molecule is Cc1cc(C)n(Cc2cccc(CNC(=O)C3Cc4ccccc4O3)c2)n1. The number of hydrogen-bond donors (Lipinski definition) is 1. The van der Waals surface area contributed by atoms with E-state index in [0.29, 0.717) is 13.0 Å². The number of nitrogens with one attached hydrogen (secondary N) is 1.